The molecule has 3 heterocycles. The fourth-order valence-electron chi connectivity index (χ4n) is 4.03. The van der Waals surface area contributed by atoms with Gasteiger partial charge in [0.15, 0.2) is 17.3 Å². The van der Waals surface area contributed by atoms with Crippen molar-refractivity contribution in [3.8, 4) is 17.2 Å². The third kappa shape index (κ3) is 4.45. The van der Waals surface area contributed by atoms with E-state index in [1.165, 1.54) is 17.2 Å². The molecule has 0 unspecified atom stereocenters. The maximum atomic E-state index is 12.3. The molecule has 0 radical (unpaired) electrons. The van der Waals surface area contributed by atoms with Crippen LogP contribution in [0.5, 0.6) is 17.2 Å². The molecule has 2 aromatic rings. The molecule has 2 aliphatic heterocycles. The van der Waals surface area contributed by atoms with Gasteiger partial charge in [-0.25, -0.2) is 0 Å². The molecule has 30 heavy (non-hydrogen) atoms. The second-order valence-electron chi connectivity index (χ2n) is 7.67. The largest absolute Gasteiger partial charge is 0.502 e. The molecule has 0 saturated carbocycles. The lowest BCUT2D eigenvalue weighted by Gasteiger charge is -2.29. The fraction of sp³-hybridized carbons (Fsp3) is 0.500. The molecule has 1 saturated heterocycles. The van der Waals surface area contributed by atoms with Crippen LogP contribution in [0.2, 0.25) is 0 Å². The summed E-state index contributed by atoms with van der Waals surface area (Å²) in [6, 6.07) is 5.44. The van der Waals surface area contributed by atoms with E-state index in [0.717, 1.165) is 38.3 Å². The minimum atomic E-state index is -0.400. The van der Waals surface area contributed by atoms with Gasteiger partial charge in [0.2, 0.25) is 11.2 Å². The summed E-state index contributed by atoms with van der Waals surface area (Å²) in [5.41, 5.74) is 2.01. The van der Waals surface area contributed by atoms with Crippen molar-refractivity contribution in [3.63, 3.8) is 0 Å². The van der Waals surface area contributed by atoms with Crippen LogP contribution in [0.1, 0.15) is 22.6 Å². The van der Waals surface area contributed by atoms with Gasteiger partial charge in [-0.3, -0.25) is 14.6 Å². The van der Waals surface area contributed by atoms with Crippen LogP contribution in [-0.4, -0.2) is 62.0 Å². The number of fused-ring (bicyclic) bond motifs is 1. The van der Waals surface area contributed by atoms with Gasteiger partial charge in [0.05, 0.1) is 40.5 Å². The Morgan fingerprint density at radius 1 is 0.967 bits per heavy atom. The van der Waals surface area contributed by atoms with Gasteiger partial charge in [0.1, 0.15) is 5.76 Å². The molecule has 1 aromatic heterocycles. The summed E-state index contributed by atoms with van der Waals surface area (Å²) in [5.74, 6) is 2.03. The molecule has 0 bridgehead atoms. The van der Waals surface area contributed by atoms with Crippen LogP contribution in [0.4, 0.5) is 0 Å². The summed E-state index contributed by atoms with van der Waals surface area (Å²) in [7, 11) is 3.27. The zero-order valence-corrected chi connectivity index (χ0v) is 17.5. The predicted octanol–water partition coefficient (Wildman–Crippen LogP) is 1.75. The fourth-order valence-corrected chi connectivity index (χ4v) is 4.03. The van der Waals surface area contributed by atoms with Gasteiger partial charge in [0, 0.05) is 32.2 Å². The van der Waals surface area contributed by atoms with Crippen LogP contribution in [0.15, 0.2) is 27.4 Å². The van der Waals surface area contributed by atoms with Crippen molar-refractivity contribution < 1.29 is 23.7 Å². The number of hydrogen-bond donors (Lipinski definition) is 1. The third-order valence-electron chi connectivity index (χ3n) is 5.69. The van der Waals surface area contributed by atoms with Crippen LogP contribution < -0.4 is 14.9 Å². The van der Waals surface area contributed by atoms with E-state index >= 15 is 0 Å². The van der Waals surface area contributed by atoms with Gasteiger partial charge in [0.25, 0.3) is 0 Å². The quantitative estimate of drug-likeness (QED) is 0.763. The second kappa shape index (κ2) is 9.07. The van der Waals surface area contributed by atoms with Crippen molar-refractivity contribution in [3.05, 3.63) is 51.1 Å². The van der Waals surface area contributed by atoms with E-state index in [1.807, 2.05) is 12.1 Å². The van der Waals surface area contributed by atoms with Gasteiger partial charge in [-0.15, -0.1) is 0 Å². The second-order valence-corrected chi connectivity index (χ2v) is 7.67. The number of rotatable bonds is 6. The average Bonchev–Trinajstić information content (AvgIpc) is 2.76. The summed E-state index contributed by atoms with van der Waals surface area (Å²) in [5, 5.41) is 10.2. The first-order valence-electron chi connectivity index (χ1n) is 10.2. The summed E-state index contributed by atoms with van der Waals surface area (Å²) in [6.07, 6.45) is 0.874. The van der Waals surface area contributed by atoms with E-state index in [4.69, 9.17) is 18.6 Å². The molecule has 0 aliphatic carbocycles. The van der Waals surface area contributed by atoms with Gasteiger partial charge in [-0.2, -0.15) is 0 Å². The summed E-state index contributed by atoms with van der Waals surface area (Å²) < 4.78 is 22.1. The highest BCUT2D eigenvalue weighted by Gasteiger charge is 2.22. The number of benzene rings is 1. The van der Waals surface area contributed by atoms with E-state index in [2.05, 4.69) is 9.80 Å². The Morgan fingerprint density at radius 3 is 2.37 bits per heavy atom. The smallest absolute Gasteiger partial charge is 0.227 e. The monoisotopic (exact) mass is 416 g/mol. The lowest BCUT2D eigenvalue weighted by atomic mass is 9.98. The SMILES string of the molecule is COc1cc2c(cc1OC)CN(Cc1cc(=O)c(O)c(CN3CCOCC3)o1)CC2. The van der Waals surface area contributed by atoms with Crippen molar-refractivity contribution in [1.82, 2.24) is 9.80 Å². The first kappa shape index (κ1) is 20.7. The van der Waals surface area contributed by atoms with Crippen LogP contribution in [0.3, 0.4) is 0 Å². The van der Waals surface area contributed by atoms with Crippen molar-refractivity contribution in [2.45, 2.75) is 26.1 Å². The molecule has 0 spiro atoms. The number of morpholine rings is 1. The van der Waals surface area contributed by atoms with Gasteiger partial charge >= 0.3 is 0 Å². The summed E-state index contributed by atoms with van der Waals surface area (Å²) in [6.45, 7) is 5.25. The number of methoxy groups -OCH3 is 2. The Bertz CT molecular complexity index is 951. The molecular weight excluding hydrogens is 388 g/mol. The standard InChI is InChI=1S/C22H28N2O6/c1-27-19-9-15-3-4-24(12-16(15)10-20(19)28-2)13-17-11-18(25)22(26)21(30-17)14-23-5-7-29-8-6-23/h9-11,26H,3-8,12-14H2,1-2H3. The van der Waals surface area contributed by atoms with Gasteiger partial charge < -0.3 is 23.7 Å². The van der Waals surface area contributed by atoms with Crippen LogP contribution in [0, 0.1) is 0 Å². The number of aromatic hydroxyl groups is 1. The van der Waals surface area contributed by atoms with E-state index in [1.54, 1.807) is 14.2 Å². The average molecular weight is 416 g/mol. The van der Waals surface area contributed by atoms with E-state index < -0.39 is 5.43 Å². The van der Waals surface area contributed by atoms with Crippen molar-refractivity contribution >= 4 is 0 Å². The van der Waals surface area contributed by atoms with Crippen LogP contribution in [0.25, 0.3) is 0 Å². The highest BCUT2D eigenvalue weighted by molar-refractivity contribution is 5.48. The van der Waals surface area contributed by atoms with Crippen molar-refractivity contribution in [2.24, 2.45) is 0 Å². The lowest BCUT2D eigenvalue weighted by molar-refractivity contribution is 0.0301. The molecule has 0 atom stereocenters. The first-order chi connectivity index (χ1) is 14.6. The van der Waals surface area contributed by atoms with E-state index in [9.17, 15) is 9.90 Å². The maximum absolute atomic E-state index is 12.3. The minimum absolute atomic E-state index is 0.300. The molecule has 2 aliphatic rings. The summed E-state index contributed by atoms with van der Waals surface area (Å²) >= 11 is 0. The highest BCUT2D eigenvalue weighted by Crippen LogP contribution is 2.33. The van der Waals surface area contributed by atoms with Gasteiger partial charge in [-0.1, -0.05) is 0 Å². The Balaban J connectivity index is 1.50. The molecule has 1 fully saturated rings. The lowest BCUT2D eigenvalue weighted by Crippen LogP contribution is -2.36. The number of nitrogens with zero attached hydrogens (tertiary/aromatic N) is 2. The Kier molecular flexibility index (Phi) is 6.26. The molecular formula is C22H28N2O6. The van der Waals surface area contributed by atoms with Gasteiger partial charge in [-0.05, 0) is 29.7 Å². The Hall–Kier alpha value is -2.55. The summed E-state index contributed by atoms with van der Waals surface area (Å²) in [4.78, 5) is 16.6. The molecule has 4 rings (SSSR count). The van der Waals surface area contributed by atoms with Crippen LogP contribution in [-0.2, 0) is 30.8 Å². The van der Waals surface area contributed by atoms with E-state index in [-0.39, 0.29) is 5.75 Å². The zero-order valence-electron chi connectivity index (χ0n) is 17.5. The third-order valence-corrected chi connectivity index (χ3v) is 5.69. The zero-order chi connectivity index (χ0) is 21.1. The topological polar surface area (TPSA) is 84.6 Å². The van der Waals surface area contributed by atoms with Crippen molar-refractivity contribution in [2.75, 3.05) is 47.1 Å². The predicted molar refractivity (Wildman–Crippen MR) is 110 cm³/mol. The normalized spacial score (nSPS) is 17.5. The first-order valence-corrected chi connectivity index (χ1v) is 10.2. The molecule has 8 heteroatoms. The van der Waals surface area contributed by atoms with Crippen molar-refractivity contribution in [1.29, 1.82) is 0 Å². The minimum Gasteiger partial charge on any atom is -0.502 e. The molecule has 0 amide bonds. The van der Waals surface area contributed by atoms with Crippen LogP contribution >= 0.6 is 0 Å². The molecule has 1 aromatic carbocycles. The number of ether oxygens (including phenoxy) is 3. The Morgan fingerprint density at radius 2 is 1.67 bits per heavy atom. The molecule has 1 N–H and O–H groups in total. The number of hydrogen-bond acceptors (Lipinski definition) is 8. The van der Waals surface area contributed by atoms with E-state index in [0.29, 0.717) is 43.6 Å². The maximum Gasteiger partial charge on any atom is 0.227 e. The Labute approximate surface area is 175 Å². The molecule has 8 nitrogen and oxygen atoms in total. The molecule has 162 valence electrons. The highest BCUT2D eigenvalue weighted by atomic mass is 16.5.